The molecule has 65 heavy (non-hydrogen) atoms. The highest BCUT2D eigenvalue weighted by atomic mass is 32.2. The molecule has 0 saturated carbocycles. The van der Waals surface area contributed by atoms with Gasteiger partial charge in [0.1, 0.15) is 5.82 Å². The van der Waals surface area contributed by atoms with Gasteiger partial charge in [0.2, 0.25) is 5.95 Å². The van der Waals surface area contributed by atoms with E-state index in [1.54, 1.807) is 84.9 Å². The van der Waals surface area contributed by atoms with Crippen LogP contribution >= 0.6 is 0 Å². The number of H-pyrrole nitrogens is 1. The molecular formula is C41H28N6O15S3. The Hall–Kier alpha value is -8.32. The molecule has 0 amide bonds. The van der Waals surface area contributed by atoms with Crippen LogP contribution in [0.2, 0.25) is 0 Å². The van der Waals surface area contributed by atoms with Crippen LogP contribution in [0, 0.1) is 0 Å². The lowest BCUT2D eigenvalue weighted by molar-refractivity contribution is -0.120. The number of rotatable bonds is 11. The number of nitrogens with zero attached hydrogens (tertiary/aromatic N) is 3. The Kier molecular flexibility index (Phi) is 13.8. The first-order chi connectivity index (χ1) is 30.9. The first kappa shape index (κ1) is 46.2. The lowest BCUT2D eigenvalue weighted by Crippen LogP contribution is -2.29. The summed E-state index contributed by atoms with van der Waals surface area (Å²) in [6.45, 7) is 0.232. The van der Waals surface area contributed by atoms with Gasteiger partial charge in [0.05, 0.1) is 32.9 Å². The molecule has 0 radical (unpaired) electrons. The molecule has 0 bridgehead atoms. The summed E-state index contributed by atoms with van der Waals surface area (Å²) in [7, 11) is -9.49. The minimum absolute atomic E-state index is 0.0115. The number of carbonyl (C=O) groups is 3. The van der Waals surface area contributed by atoms with Crippen LogP contribution in [0.5, 0.6) is 5.75 Å². The number of ketones is 2. The van der Waals surface area contributed by atoms with Crippen LogP contribution in [0.3, 0.4) is 0 Å². The van der Waals surface area contributed by atoms with Crippen molar-refractivity contribution in [2.24, 2.45) is 7.05 Å². The third-order valence-corrected chi connectivity index (χ3v) is 10.4. The zero-order chi connectivity index (χ0) is 47.2. The van der Waals surface area contributed by atoms with E-state index in [0.717, 1.165) is 6.07 Å². The minimum Gasteiger partial charge on any atom is -0.427 e. The second-order valence-electron chi connectivity index (χ2n) is 13.3. The molecule has 0 atom stereocenters. The summed E-state index contributed by atoms with van der Waals surface area (Å²) in [6, 6.07) is 28.6. The number of benzene rings is 5. The zero-order valence-electron chi connectivity index (χ0n) is 32.9. The number of fused-ring (bicyclic) bond motifs is 2. The number of aromatic nitrogens is 4. The number of hydrogen-bond acceptors (Lipinski definition) is 18. The molecule has 0 unspecified atom stereocenters. The van der Waals surface area contributed by atoms with Gasteiger partial charge in [-0.15, -0.1) is 25.3 Å². The number of para-hydroxylation sites is 2. The summed E-state index contributed by atoms with van der Waals surface area (Å²) in [5.74, 6) is -0.985. The highest BCUT2D eigenvalue weighted by Crippen LogP contribution is 2.44. The Morgan fingerprint density at radius 1 is 0.785 bits per heavy atom. The summed E-state index contributed by atoms with van der Waals surface area (Å²) in [5, 5.41) is 6.38. The summed E-state index contributed by atoms with van der Waals surface area (Å²) in [4.78, 5) is 76.2. The SMILES string of the molecule is Cn1c(=O)c(C(=O)c2ccccc2)c2c3c(c(Nc4ccc(S(=O)(=O)O)c(Cc5nc(Nc6ccccc6OC=O)nc(=O)[nH]5)c4)ccc31)C(=O)c1ccccc1-2.O=S(=O)=O.O=S(=O)=O. The quantitative estimate of drug-likeness (QED) is 0.0821. The maximum absolute atomic E-state index is 14.4. The number of hydrogen-bond donors (Lipinski definition) is 4. The van der Waals surface area contributed by atoms with Gasteiger partial charge in [0.25, 0.3) is 22.1 Å². The number of aryl methyl sites for hydroxylation is 1. The van der Waals surface area contributed by atoms with Crippen molar-refractivity contribution in [3.8, 4) is 16.9 Å². The third-order valence-electron chi connectivity index (χ3n) is 9.48. The van der Waals surface area contributed by atoms with Gasteiger partial charge < -0.3 is 19.9 Å². The van der Waals surface area contributed by atoms with Crippen molar-refractivity contribution >= 4 is 83.3 Å². The maximum Gasteiger partial charge on any atom is 0.425 e. The molecular weight excluding hydrogens is 913 g/mol. The van der Waals surface area contributed by atoms with Gasteiger partial charge in [-0.1, -0.05) is 66.7 Å². The molecule has 5 aromatic carbocycles. The van der Waals surface area contributed by atoms with E-state index in [1.165, 1.54) is 29.8 Å². The van der Waals surface area contributed by atoms with Gasteiger partial charge in [-0.3, -0.25) is 28.7 Å². The molecule has 1 aliphatic carbocycles. The molecule has 0 saturated heterocycles. The van der Waals surface area contributed by atoms with Crippen LogP contribution in [0.4, 0.5) is 23.0 Å². The molecule has 7 aromatic rings. The van der Waals surface area contributed by atoms with E-state index in [2.05, 4.69) is 25.6 Å². The Labute approximate surface area is 368 Å². The molecule has 4 N–H and O–H groups in total. The number of carbonyl (C=O) groups excluding carboxylic acids is 3. The van der Waals surface area contributed by atoms with Gasteiger partial charge in [0.15, 0.2) is 17.3 Å². The predicted molar refractivity (Wildman–Crippen MR) is 229 cm³/mol. The number of pyridine rings is 1. The predicted octanol–water partition coefficient (Wildman–Crippen LogP) is 3.31. The Bertz CT molecular complexity index is 3520. The van der Waals surface area contributed by atoms with Gasteiger partial charge in [-0.05, 0) is 53.6 Å². The molecule has 2 aromatic heterocycles. The van der Waals surface area contributed by atoms with Crippen LogP contribution in [0.25, 0.3) is 22.0 Å². The van der Waals surface area contributed by atoms with Crippen molar-refractivity contribution in [2.45, 2.75) is 11.3 Å². The molecule has 1 aliphatic rings. The average Bonchev–Trinajstić information content (AvgIpc) is 3.24. The number of nitrogens with one attached hydrogen (secondary N) is 3. The number of aromatic amines is 1. The molecule has 21 nitrogen and oxygen atoms in total. The second kappa shape index (κ2) is 19.4. The highest BCUT2D eigenvalue weighted by Gasteiger charge is 2.34. The van der Waals surface area contributed by atoms with Gasteiger partial charge in [0, 0.05) is 41.2 Å². The van der Waals surface area contributed by atoms with E-state index in [4.69, 9.17) is 30.0 Å². The Morgan fingerprint density at radius 2 is 1.42 bits per heavy atom. The largest absolute Gasteiger partial charge is 0.427 e. The standard InChI is InChI=1S/C41H28N6O9S.2O3S/c1-47-29-17-16-28(34-35(29)33(25-11-5-6-12-26(25)38(34)50)36(39(47)51)37(49)22-9-3-2-4-10-22)42-24-15-18-31(57(53,54)55)23(19-24)20-32-44-40(46-41(52)45-32)43-27-13-7-8-14-30(27)56-21-48;2*1-4(2)3/h2-19,21,42H,20H2,1H3,(H,53,54,55)(H2,43,44,45,46,52);;. The lowest BCUT2D eigenvalue weighted by Gasteiger charge is -2.25. The fourth-order valence-electron chi connectivity index (χ4n) is 7.02. The first-order valence-corrected chi connectivity index (χ1v) is 21.6. The topological polar surface area (TPSA) is 322 Å². The maximum atomic E-state index is 14.4. The normalized spacial score (nSPS) is 11.1. The zero-order valence-corrected chi connectivity index (χ0v) is 35.4. The summed E-state index contributed by atoms with van der Waals surface area (Å²) in [6.07, 6.45) is -0.322. The first-order valence-electron chi connectivity index (χ1n) is 18.2. The van der Waals surface area contributed by atoms with E-state index in [9.17, 15) is 36.9 Å². The van der Waals surface area contributed by atoms with Crippen molar-refractivity contribution in [2.75, 3.05) is 10.6 Å². The lowest BCUT2D eigenvalue weighted by atomic mass is 9.80. The fourth-order valence-corrected chi connectivity index (χ4v) is 7.72. The summed E-state index contributed by atoms with van der Waals surface area (Å²) >= 11 is 0. The van der Waals surface area contributed by atoms with Crippen LogP contribution in [-0.4, -0.2) is 75.8 Å². The van der Waals surface area contributed by atoms with Crippen LogP contribution < -0.4 is 26.6 Å². The van der Waals surface area contributed by atoms with Gasteiger partial charge >= 0.3 is 26.9 Å². The monoisotopic (exact) mass is 940 g/mol. The number of anilines is 4. The molecule has 2 heterocycles. The van der Waals surface area contributed by atoms with Crippen molar-refractivity contribution in [3.05, 3.63) is 164 Å². The molecule has 24 heteroatoms. The average molecular weight is 941 g/mol. The fraction of sp³-hybridized carbons (Fsp3) is 0.0488. The van der Waals surface area contributed by atoms with Crippen molar-refractivity contribution in [3.63, 3.8) is 0 Å². The van der Waals surface area contributed by atoms with E-state index in [1.807, 2.05) is 0 Å². The van der Waals surface area contributed by atoms with Gasteiger partial charge in [-0.2, -0.15) is 18.4 Å². The minimum atomic E-state index is -4.80. The summed E-state index contributed by atoms with van der Waals surface area (Å²) < 4.78 is 92.3. The molecule has 8 rings (SSSR count). The summed E-state index contributed by atoms with van der Waals surface area (Å²) in [5.41, 5.74) is 1.28. The Morgan fingerprint density at radius 3 is 2.08 bits per heavy atom. The van der Waals surface area contributed by atoms with Gasteiger partial charge in [-0.25, -0.2) is 4.79 Å². The molecule has 330 valence electrons. The molecule has 0 aliphatic heterocycles. The van der Waals surface area contributed by atoms with Crippen LogP contribution in [0.1, 0.15) is 43.2 Å². The van der Waals surface area contributed by atoms with E-state index in [-0.39, 0.29) is 75.5 Å². The second-order valence-corrected chi connectivity index (χ2v) is 15.5. The van der Waals surface area contributed by atoms with Crippen molar-refractivity contribution in [1.29, 1.82) is 0 Å². The van der Waals surface area contributed by atoms with E-state index in [0.29, 0.717) is 27.6 Å². The smallest absolute Gasteiger partial charge is 0.425 e. The van der Waals surface area contributed by atoms with Crippen molar-refractivity contribution < 1.29 is 57.3 Å². The number of ether oxygens (including phenoxy) is 1. The molecule has 0 spiro atoms. The van der Waals surface area contributed by atoms with E-state index >= 15 is 0 Å². The van der Waals surface area contributed by atoms with Crippen LogP contribution in [0.15, 0.2) is 124 Å². The van der Waals surface area contributed by atoms with E-state index < -0.39 is 53.3 Å². The van der Waals surface area contributed by atoms with Crippen molar-refractivity contribution in [1.82, 2.24) is 19.5 Å². The molecule has 0 fully saturated rings. The third kappa shape index (κ3) is 10.3. The highest BCUT2D eigenvalue weighted by molar-refractivity contribution is 7.85. The Balaban J connectivity index is 0.000000810. The van der Waals surface area contributed by atoms with Crippen LogP contribution in [-0.2, 0) is 49.6 Å².